The SMILES string of the molecule is CCN(CC)c1ncc(Cl)c(C(=O)NC(c2ccc(OC)cc2)c2nccn2C)n1. The zero-order valence-electron chi connectivity index (χ0n) is 17.5. The fraction of sp³-hybridized carbons (Fsp3) is 0.333. The highest BCUT2D eigenvalue weighted by Crippen LogP contribution is 2.24. The smallest absolute Gasteiger partial charge is 0.272 e. The molecule has 0 aliphatic heterocycles. The fourth-order valence-electron chi connectivity index (χ4n) is 3.12. The van der Waals surface area contributed by atoms with E-state index in [9.17, 15) is 4.79 Å². The molecule has 0 fully saturated rings. The van der Waals surface area contributed by atoms with Crippen LogP contribution in [-0.2, 0) is 7.05 Å². The van der Waals surface area contributed by atoms with Crippen molar-refractivity contribution in [2.75, 3.05) is 25.1 Å². The molecule has 0 bridgehead atoms. The van der Waals surface area contributed by atoms with E-state index >= 15 is 0 Å². The molecule has 0 saturated carbocycles. The number of anilines is 1. The van der Waals surface area contributed by atoms with Crippen molar-refractivity contribution in [2.24, 2.45) is 7.05 Å². The third-order valence-corrected chi connectivity index (χ3v) is 5.11. The van der Waals surface area contributed by atoms with Crippen LogP contribution in [0.2, 0.25) is 5.02 Å². The predicted octanol–water partition coefficient (Wildman–Crippen LogP) is 3.24. The number of halogens is 1. The third kappa shape index (κ3) is 4.54. The van der Waals surface area contributed by atoms with Crippen LogP contribution in [0.5, 0.6) is 5.75 Å². The maximum absolute atomic E-state index is 13.2. The molecule has 1 amide bonds. The van der Waals surface area contributed by atoms with Crippen LogP contribution in [0, 0.1) is 0 Å². The van der Waals surface area contributed by atoms with Gasteiger partial charge in [0.15, 0.2) is 5.69 Å². The third-order valence-electron chi connectivity index (χ3n) is 4.83. The number of ether oxygens (including phenoxy) is 1. The van der Waals surface area contributed by atoms with Gasteiger partial charge in [0.1, 0.15) is 17.6 Å². The molecule has 158 valence electrons. The summed E-state index contributed by atoms with van der Waals surface area (Å²) in [7, 11) is 3.48. The minimum atomic E-state index is -0.494. The van der Waals surface area contributed by atoms with Gasteiger partial charge in [0, 0.05) is 32.5 Å². The summed E-state index contributed by atoms with van der Waals surface area (Å²) in [6, 6.07) is 6.97. The molecule has 3 rings (SSSR count). The Labute approximate surface area is 180 Å². The topological polar surface area (TPSA) is 85.2 Å². The molecular weight excluding hydrogens is 404 g/mol. The highest BCUT2D eigenvalue weighted by atomic mass is 35.5. The molecule has 3 aromatic rings. The van der Waals surface area contributed by atoms with Crippen LogP contribution in [-0.4, -0.2) is 45.6 Å². The van der Waals surface area contributed by atoms with Crippen LogP contribution >= 0.6 is 11.6 Å². The fourth-order valence-corrected chi connectivity index (χ4v) is 3.30. The molecule has 0 aliphatic carbocycles. The first kappa shape index (κ1) is 21.6. The Bertz CT molecular complexity index is 1000. The van der Waals surface area contributed by atoms with E-state index in [4.69, 9.17) is 16.3 Å². The Kier molecular flexibility index (Phi) is 6.89. The molecule has 2 heterocycles. The Morgan fingerprint density at radius 3 is 2.50 bits per heavy atom. The van der Waals surface area contributed by atoms with Crippen molar-refractivity contribution in [3.05, 3.63) is 65.0 Å². The molecule has 1 aromatic carbocycles. The van der Waals surface area contributed by atoms with Crippen LogP contribution in [0.3, 0.4) is 0 Å². The number of benzene rings is 1. The quantitative estimate of drug-likeness (QED) is 0.592. The Balaban J connectivity index is 1.95. The Hall–Kier alpha value is -3.13. The summed E-state index contributed by atoms with van der Waals surface area (Å²) in [6.07, 6.45) is 4.97. The lowest BCUT2D eigenvalue weighted by Gasteiger charge is -2.21. The van der Waals surface area contributed by atoms with Gasteiger partial charge >= 0.3 is 0 Å². The first-order valence-corrected chi connectivity index (χ1v) is 10.1. The first-order chi connectivity index (χ1) is 14.5. The number of amides is 1. The molecule has 30 heavy (non-hydrogen) atoms. The molecule has 1 atom stereocenters. The van der Waals surface area contributed by atoms with E-state index in [1.54, 1.807) is 13.3 Å². The number of aryl methyl sites for hydroxylation is 1. The van der Waals surface area contributed by atoms with Crippen LogP contribution in [0.4, 0.5) is 5.95 Å². The van der Waals surface area contributed by atoms with E-state index < -0.39 is 11.9 Å². The molecule has 8 nitrogen and oxygen atoms in total. The predicted molar refractivity (Wildman–Crippen MR) is 116 cm³/mol. The minimum Gasteiger partial charge on any atom is -0.497 e. The number of rotatable bonds is 8. The van der Waals surface area contributed by atoms with E-state index in [1.807, 2.05) is 60.8 Å². The highest BCUT2D eigenvalue weighted by molar-refractivity contribution is 6.33. The van der Waals surface area contributed by atoms with E-state index in [-0.39, 0.29) is 10.7 Å². The number of hydrogen-bond donors (Lipinski definition) is 1. The van der Waals surface area contributed by atoms with Gasteiger partial charge in [0.2, 0.25) is 5.95 Å². The van der Waals surface area contributed by atoms with Gasteiger partial charge in [-0.15, -0.1) is 0 Å². The van der Waals surface area contributed by atoms with Crippen LogP contribution in [0.15, 0.2) is 42.9 Å². The van der Waals surface area contributed by atoms with Crippen LogP contribution in [0.1, 0.15) is 41.8 Å². The van der Waals surface area contributed by atoms with Crippen molar-refractivity contribution in [1.82, 2.24) is 24.8 Å². The maximum Gasteiger partial charge on any atom is 0.272 e. The van der Waals surface area contributed by atoms with E-state index in [2.05, 4.69) is 20.3 Å². The zero-order valence-corrected chi connectivity index (χ0v) is 18.2. The summed E-state index contributed by atoms with van der Waals surface area (Å²) in [5.41, 5.74) is 0.980. The van der Waals surface area contributed by atoms with Crippen molar-refractivity contribution >= 4 is 23.5 Å². The Morgan fingerprint density at radius 2 is 1.93 bits per heavy atom. The largest absolute Gasteiger partial charge is 0.497 e. The highest BCUT2D eigenvalue weighted by Gasteiger charge is 2.24. The zero-order chi connectivity index (χ0) is 21.7. The summed E-state index contributed by atoms with van der Waals surface area (Å²) in [5, 5.41) is 3.21. The summed E-state index contributed by atoms with van der Waals surface area (Å²) in [4.78, 5) is 28.2. The van der Waals surface area contributed by atoms with Crippen molar-refractivity contribution in [3.8, 4) is 5.75 Å². The number of hydrogen-bond acceptors (Lipinski definition) is 6. The van der Waals surface area contributed by atoms with Gasteiger partial charge in [0.25, 0.3) is 5.91 Å². The molecular formula is C21H25ClN6O2. The second kappa shape index (κ2) is 9.58. The first-order valence-electron chi connectivity index (χ1n) is 9.68. The number of nitrogens with zero attached hydrogens (tertiary/aromatic N) is 5. The second-order valence-corrected chi connectivity index (χ2v) is 7.02. The van der Waals surface area contributed by atoms with Crippen molar-refractivity contribution in [3.63, 3.8) is 0 Å². The van der Waals surface area contributed by atoms with Gasteiger partial charge in [-0.3, -0.25) is 4.79 Å². The van der Waals surface area contributed by atoms with Crippen LogP contribution < -0.4 is 15.0 Å². The van der Waals surface area contributed by atoms with E-state index in [0.29, 0.717) is 11.8 Å². The minimum absolute atomic E-state index is 0.126. The van der Waals surface area contributed by atoms with Crippen molar-refractivity contribution in [1.29, 1.82) is 0 Å². The van der Waals surface area contributed by atoms with Gasteiger partial charge in [-0.2, -0.15) is 0 Å². The maximum atomic E-state index is 13.2. The van der Waals surface area contributed by atoms with E-state index in [1.165, 1.54) is 6.20 Å². The molecule has 1 unspecified atom stereocenters. The number of imidazole rings is 1. The normalized spacial score (nSPS) is 11.8. The second-order valence-electron chi connectivity index (χ2n) is 6.61. The molecule has 0 radical (unpaired) electrons. The lowest BCUT2D eigenvalue weighted by Crippen LogP contribution is -2.33. The van der Waals surface area contributed by atoms with Gasteiger partial charge < -0.3 is 19.5 Å². The van der Waals surface area contributed by atoms with Crippen molar-refractivity contribution in [2.45, 2.75) is 19.9 Å². The van der Waals surface area contributed by atoms with Gasteiger partial charge in [0.05, 0.1) is 18.3 Å². The van der Waals surface area contributed by atoms with Gasteiger partial charge in [-0.1, -0.05) is 23.7 Å². The summed E-state index contributed by atoms with van der Waals surface area (Å²) < 4.78 is 7.10. The monoisotopic (exact) mass is 428 g/mol. The average Bonchev–Trinajstić information content (AvgIpc) is 3.19. The summed E-state index contributed by atoms with van der Waals surface area (Å²) >= 11 is 6.27. The molecule has 9 heteroatoms. The lowest BCUT2D eigenvalue weighted by atomic mass is 10.1. The van der Waals surface area contributed by atoms with Crippen LogP contribution in [0.25, 0.3) is 0 Å². The average molecular weight is 429 g/mol. The molecule has 1 N–H and O–H groups in total. The Morgan fingerprint density at radius 1 is 1.23 bits per heavy atom. The molecule has 0 spiro atoms. The molecule has 2 aromatic heterocycles. The number of methoxy groups -OCH3 is 1. The number of carbonyl (C=O) groups excluding carboxylic acids is 1. The molecule has 0 aliphatic rings. The van der Waals surface area contributed by atoms with Crippen molar-refractivity contribution < 1.29 is 9.53 Å². The molecule has 0 saturated heterocycles. The number of aromatic nitrogens is 4. The van der Waals surface area contributed by atoms with Gasteiger partial charge in [-0.05, 0) is 31.5 Å². The lowest BCUT2D eigenvalue weighted by molar-refractivity contribution is 0.0936. The summed E-state index contributed by atoms with van der Waals surface area (Å²) in [5.74, 6) is 1.47. The number of carbonyl (C=O) groups is 1. The standard InChI is InChI=1S/C21H25ClN6O2/c1-5-28(6-2)21-24-13-16(22)18(26-21)20(29)25-17(19-23-11-12-27(19)3)14-7-9-15(30-4)10-8-14/h7-13,17H,5-6H2,1-4H3,(H,25,29). The van der Waals surface area contributed by atoms with Gasteiger partial charge in [-0.25, -0.2) is 15.0 Å². The number of nitrogens with one attached hydrogen (secondary N) is 1. The summed E-state index contributed by atoms with van der Waals surface area (Å²) in [6.45, 7) is 5.45. The van der Waals surface area contributed by atoms with E-state index in [0.717, 1.165) is 24.4 Å².